The maximum absolute atomic E-state index is 12.0. The van der Waals surface area contributed by atoms with Crippen LogP contribution in [0.2, 0.25) is 0 Å². The molecule has 16 heavy (non-hydrogen) atoms. The second kappa shape index (κ2) is 5.86. The summed E-state index contributed by atoms with van der Waals surface area (Å²) in [6.07, 6.45) is -4.40. The fraction of sp³-hybridized carbons (Fsp3) is 0.455. The summed E-state index contributed by atoms with van der Waals surface area (Å²) in [6.45, 7) is 0. The predicted octanol–water partition coefficient (Wildman–Crippen LogP) is 2.92. The molecule has 0 heterocycles. The van der Waals surface area contributed by atoms with Crippen molar-refractivity contribution < 1.29 is 13.2 Å². The smallest absolute Gasteiger partial charge is 0.271 e. The van der Waals surface area contributed by atoms with Gasteiger partial charge in [0.15, 0.2) is 0 Å². The van der Waals surface area contributed by atoms with Gasteiger partial charge in [0, 0.05) is 12.5 Å². The van der Waals surface area contributed by atoms with Crippen LogP contribution in [0.3, 0.4) is 0 Å². The van der Waals surface area contributed by atoms with Crippen LogP contribution in [0, 0.1) is 0 Å². The molecule has 0 radical (unpaired) electrons. The topological polar surface area (TPSA) is 38.0 Å². The lowest BCUT2D eigenvalue weighted by Gasteiger charge is -2.16. The van der Waals surface area contributed by atoms with E-state index in [2.05, 4.69) is 5.43 Å². The number of alkyl halides is 3. The van der Waals surface area contributed by atoms with Crippen molar-refractivity contribution in [3.8, 4) is 0 Å². The summed E-state index contributed by atoms with van der Waals surface area (Å²) < 4.78 is 35.9. The van der Waals surface area contributed by atoms with Crippen LogP contribution in [0.15, 0.2) is 30.3 Å². The third kappa shape index (κ3) is 4.63. The van der Waals surface area contributed by atoms with Crippen LogP contribution < -0.4 is 11.3 Å². The average molecular weight is 232 g/mol. The van der Waals surface area contributed by atoms with Gasteiger partial charge in [0.2, 0.25) is 0 Å². The Morgan fingerprint density at radius 1 is 1.19 bits per heavy atom. The van der Waals surface area contributed by atoms with Gasteiger partial charge < -0.3 is 0 Å². The fourth-order valence-corrected chi connectivity index (χ4v) is 1.54. The Morgan fingerprint density at radius 3 is 2.31 bits per heavy atom. The molecule has 1 rings (SSSR count). The Hall–Kier alpha value is -1.07. The van der Waals surface area contributed by atoms with Gasteiger partial charge in [-0.05, 0) is 18.4 Å². The number of rotatable bonds is 5. The molecule has 0 aliphatic rings. The van der Waals surface area contributed by atoms with Gasteiger partial charge in [-0.1, -0.05) is 30.3 Å². The molecule has 3 N–H and O–H groups in total. The summed E-state index contributed by atoms with van der Waals surface area (Å²) in [4.78, 5) is 0. The molecule has 0 fully saturated rings. The van der Waals surface area contributed by atoms with E-state index in [1.54, 1.807) is 0 Å². The highest BCUT2D eigenvalue weighted by molar-refractivity contribution is 5.18. The van der Waals surface area contributed by atoms with Crippen molar-refractivity contribution in [3.63, 3.8) is 0 Å². The van der Waals surface area contributed by atoms with E-state index in [0.717, 1.165) is 5.56 Å². The van der Waals surface area contributed by atoms with Crippen LogP contribution in [-0.2, 0) is 0 Å². The van der Waals surface area contributed by atoms with E-state index in [4.69, 9.17) is 5.84 Å². The Balaban J connectivity index is 2.45. The molecule has 90 valence electrons. The van der Waals surface area contributed by atoms with Crippen LogP contribution in [-0.4, -0.2) is 6.18 Å². The van der Waals surface area contributed by atoms with Gasteiger partial charge in [-0.2, -0.15) is 13.2 Å². The largest absolute Gasteiger partial charge is 0.389 e. The zero-order valence-corrected chi connectivity index (χ0v) is 8.80. The molecule has 1 aromatic rings. The molecule has 5 heteroatoms. The van der Waals surface area contributed by atoms with E-state index in [9.17, 15) is 13.2 Å². The summed E-state index contributed by atoms with van der Waals surface area (Å²) in [6, 6.07) is 9.00. The monoisotopic (exact) mass is 232 g/mol. The van der Waals surface area contributed by atoms with Crippen LogP contribution >= 0.6 is 0 Å². The molecule has 1 aromatic carbocycles. The lowest BCUT2D eigenvalue weighted by Crippen LogP contribution is -2.28. The van der Waals surface area contributed by atoms with E-state index in [-0.39, 0.29) is 12.5 Å². The van der Waals surface area contributed by atoms with Crippen molar-refractivity contribution in [2.45, 2.75) is 31.5 Å². The zero-order chi connectivity index (χ0) is 12.0. The molecule has 2 nitrogen and oxygen atoms in total. The summed E-state index contributed by atoms with van der Waals surface area (Å²) in [5.41, 5.74) is 3.45. The number of halogens is 3. The highest BCUT2D eigenvalue weighted by Crippen LogP contribution is 2.25. The molecule has 1 atom stereocenters. The normalized spacial score (nSPS) is 13.8. The van der Waals surface area contributed by atoms with Crippen molar-refractivity contribution in [3.05, 3.63) is 35.9 Å². The molecule has 0 bridgehead atoms. The van der Waals surface area contributed by atoms with Gasteiger partial charge in [0.05, 0.1) is 0 Å². The molecule has 0 aliphatic carbocycles. The highest BCUT2D eigenvalue weighted by atomic mass is 19.4. The minimum Gasteiger partial charge on any atom is -0.271 e. The molecular weight excluding hydrogens is 217 g/mol. The first kappa shape index (κ1) is 13.0. The molecular formula is C11H15F3N2. The minimum absolute atomic E-state index is 0.0766. The van der Waals surface area contributed by atoms with Crippen LogP contribution in [0.25, 0.3) is 0 Å². The van der Waals surface area contributed by atoms with Crippen molar-refractivity contribution in [1.29, 1.82) is 0 Å². The van der Waals surface area contributed by atoms with Crippen molar-refractivity contribution in [2.24, 2.45) is 5.84 Å². The van der Waals surface area contributed by atoms with Crippen molar-refractivity contribution >= 4 is 0 Å². The molecule has 0 amide bonds. The summed E-state index contributed by atoms with van der Waals surface area (Å²) >= 11 is 0. The van der Waals surface area contributed by atoms with E-state index in [0.29, 0.717) is 6.42 Å². The number of hydrogen-bond donors (Lipinski definition) is 2. The van der Waals surface area contributed by atoms with Gasteiger partial charge >= 0.3 is 6.18 Å². The van der Waals surface area contributed by atoms with Gasteiger partial charge in [0.25, 0.3) is 0 Å². The number of nitrogens with one attached hydrogen (secondary N) is 1. The zero-order valence-electron chi connectivity index (χ0n) is 8.80. The van der Waals surface area contributed by atoms with Gasteiger partial charge in [-0.3, -0.25) is 11.3 Å². The van der Waals surface area contributed by atoms with Gasteiger partial charge in [0.1, 0.15) is 0 Å². The quantitative estimate of drug-likeness (QED) is 0.605. The number of benzene rings is 1. The van der Waals surface area contributed by atoms with Crippen LogP contribution in [0.1, 0.15) is 30.9 Å². The summed E-state index contributed by atoms with van der Waals surface area (Å²) in [7, 11) is 0. The molecule has 0 saturated heterocycles. The van der Waals surface area contributed by atoms with Gasteiger partial charge in [-0.25, -0.2) is 0 Å². The van der Waals surface area contributed by atoms with E-state index in [1.165, 1.54) is 0 Å². The predicted molar refractivity (Wildman–Crippen MR) is 56.4 cm³/mol. The van der Waals surface area contributed by atoms with Crippen molar-refractivity contribution in [2.75, 3.05) is 0 Å². The number of hydrazine groups is 1. The second-order valence-corrected chi connectivity index (χ2v) is 3.64. The standard InChI is InChI=1S/C11H15F3N2/c12-11(13,14)8-4-7-10(16-15)9-5-2-1-3-6-9/h1-3,5-6,10,16H,4,7-8,15H2. The van der Waals surface area contributed by atoms with E-state index < -0.39 is 12.6 Å². The van der Waals surface area contributed by atoms with Crippen LogP contribution in [0.4, 0.5) is 13.2 Å². The van der Waals surface area contributed by atoms with E-state index in [1.807, 2.05) is 30.3 Å². The maximum atomic E-state index is 12.0. The minimum atomic E-state index is -4.09. The lowest BCUT2D eigenvalue weighted by atomic mass is 10.0. The lowest BCUT2D eigenvalue weighted by molar-refractivity contribution is -0.135. The molecule has 0 aromatic heterocycles. The first-order valence-corrected chi connectivity index (χ1v) is 5.11. The Morgan fingerprint density at radius 2 is 1.81 bits per heavy atom. The van der Waals surface area contributed by atoms with E-state index >= 15 is 0 Å². The Labute approximate surface area is 92.6 Å². The third-order valence-electron chi connectivity index (χ3n) is 2.36. The average Bonchev–Trinajstić information content (AvgIpc) is 2.24. The number of hydrogen-bond acceptors (Lipinski definition) is 2. The fourth-order valence-electron chi connectivity index (χ4n) is 1.54. The van der Waals surface area contributed by atoms with Crippen molar-refractivity contribution in [1.82, 2.24) is 5.43 Å². The number of nitrogens with two attached hydrogens (primary N) is 1. The summed E-state index contributed by atoms with van der Waals surface area (Å²) in [5, 5.41) is 0. The molecule has 1 unspecified atom stereocenters. The van der Waals surface area contributed by atoms with Gasteiger partial charge in [-0.15, -0.1) is 0 Å². The van der Waals surface area contributed by atoms with Crippen LogP contribution in [0.5, 0.6) is 0 Å². The SMILES string of the molecule is NNC(CCCC(F)(F)F)c1ccccc1. The molecule has 0 spiro atoms. The Bertz CT molecular complexity index is 298. The summed E-state index contributed by atoms with van der Waals surface area (Å²) in [5.74, 6) is 5.32. The molecule has 0 saturated carbocycles. The Kier molecular flexibility index (Phi) is 4.76. The highest BCUT2D eigenvalue weighted by Gasteiger charge is 2.26. The maximum Gasteiger partial charge on any atom is 0.389 e. The first-order chi connectivity index (χ1) is 7.53. The third-order valence-corrected chi connectivity index (χ3v) is 2.36. The first-order valence-electron chi connectivity index (χ1n) is 5.11. The molecule has 0 aliphatic heterocycles. The second-order valence-electron chi connectivity index (χ2n) is 3.64.